The molecule has 2 amide bonds. The number of hydrogen-bond donors (Lipinski definition) is 3. The Labute approximate surface area is 210 Å². The average molecular weight is 419 g/mol. The number of primary amides is 1. The number of thiol groups is 2. The molecule has 0 spiro atoms. The second kappa shape index (κ2) is 21.6. The molecule has 0 heterocycles. The van der Waals surface area contributed by atoms with Gasteiger partial charge in [0, 0.05) is 13.1 Å². The Kier molecular flexibility index (Phi) is 26.7. The van der Waals surface area contributed by atoms with E-state index >= 15 is 0 Å². The van der Waals surface area contributed by atoms with Crippen LogP contribution in [0.25, 0.3) is 0 Å². The molecule has 0 aromatic rings. The minimum absolute atomic E-state index is 0. The van der Waals surface area contributed by atoms with Crippen molar-refractivity contribution in [2.75, 3.05) is 13.1 Å². The number of unbranched alkanes of at least 4 members (excludes halogenated alkanes) is 2. The first-order valence-corrected chi connectivity index (χ1v) is 10.2. The summed E-state index contributed by atoms with van der Waals surface area (Å²) in [6.45, 7) is 10.7. The van der Waals surface area contributed by atoms with Gasteiger partial charge in [-0.2, -0.15) is 0 Å². The summed E-state index contributed by atoms with van der Waals surface area (Å²) in [6, 6.07) is 0. The van der Waals surface area contributed by atoms with Gasteiger partial charge < -0.3 is 12.1 Å². The van der Waals surface area contributed by atoms with Gasteiger partial charge in [-0.25, -0.2) is 0 Å². The molecule has 0 bridgehead atoms. The summed E-state index contributed by atoms with van der Waals surface area (Å²) in [6.07, 6.45) is 9.78. The molecule has 0 aliphatic carbocycles. The summed E-state index contributed by atoms with van der Waals surface area (Å²) in [5.74, 6) is 1.27. The van der Waals surface area contributed by atoms with E-state index in [9.17, 15) is 4.79 Å². The van der Waals surface area contributed by atoms with Crippen LogP contribution in [0.1, 0.15) is 80.5 Å². The van der Waals surface area contributed by atoms with E-state index < -0.39 is 5.24 Å². The monoisotopic (exact) mass is 418 g/mol. The Morgan fingerprint density at radius 2 is 1.24 bits per heavy atom. The third-order valence-electron chi connectivity index (χ3n) is 4.31. The van der Waals surface area contributed by atoms with E-state index in [-0.39, 0.29) is 58.1 Å². The smallest absolute Gasteiger partial charge is 1.00 e. The van der Waals surface area contributed by atoms with Gasteiger partial charge in [0.1, 0.15) is 0 Å². The molecule has 2 N–H and O–H groups in total. The predicted octanol–water partition coefficient (Wildman–Crippen LogP) is 2.88. The van der Waals surface area contributed by atoms with Gasteiger partial charge in [-0.05, 0) is 24.7 Å². The zero-order valence-corrected chi connectivity index (χ0v) is 21.9. The summed E-state index contributed by atoms with van der Waals surface area (Å²) < 4.78 is 0. The van der Waals surface area contributed by atoms with Crippen LogP contribution in [0.4, 0.5) is 9.59 Å². The molecule has 0 saturated heterocycles. The number of rotatable bonds is 12. The van der Waals surface area contributed by atoms with Crippen LogP contribution in [0.5, 0.6) is 0 Å². The van der Waals surface area contributed by atoms with Crippen LogP contribution >= 0.6 is 25.3 Å². The third-order valence-corrected chi connectivity index (χ3v) is 4.60. The molecule has 2 atom stereocenters. The van der Waals surface area contributed by atoms with Crippen molar-refractivity contribution in [3.05, 3.63) is 0 Å². The molecule has 0 fully saturated rings. The van der Waals surface area contributed by atoms with Gasteiger partial charge in [0.25, 0.3) is 10.5 Å². The zero-order chi connectivity index (χ0) is 19.0. The van der Waals surface area contributed by atoms with E-state index in [1.165, 1.54) is 38.5 Å². The van der Waals surface area contributed by atoms with Crippen molar-refractivity contribution in [3.63, 3.8) is 0 Å². The second-order valence-electron chi connectivity index (χ2n) is 6.36. The SMILES string of the molecule is CCCCC(CC)CN(CC(CC)CCCC)C(=O)S.NC(=O)S.[H-].[K+]. The summed E-state index contributed by atoms with van der Waals surface area (Å²) in [5.41, 5.74) is 4.34. The van der Waals surface area contributed by atoms with Crippen molar-refractivity contribution in [1.82, 2.24) is 4.90 Å². The van der Waals surface area contributed by atoms with Crippen molar-refractivity contribution >= 4 is 35.7 Å². The first-order valence-electron chi connectivity index (χ1n) is 9.28. The van der Waals surface area contributed by atoms with Crippen LogP contribution in [0.15, 0.2) is 0 Å². The number of carbonyl (C=O) groups excluding carboxylic acids is 2. The van der Waals surface area contributed by atoms with Gasteiger partial charge in [-0.15, -0.1) is 0 Å². The fourth-order valence-corrected chi connectivity index (χ4v) is 2.85. The topological polar surface area (TPSA) is 63.4 Å². The maximum Gasteiger partial charge on any atom is 1.00 e. The maximum atomic E-state index is 11.8. The molecule has 4 nitrogen and oxygen atoms in total. The van der Waals surface area contributed by atoms with Crippen LogP contribution in [-0.4, -0.2) is 28.5 Å². The van der Waals surface area contributed by atoms with E-state index in [0.717, 1.165) is 25.9 Å². The first-order chi connectivity index (χ1) is 11.3. The minimum Gasteiger partial charge on any atom is -1.00 e. The number of amides is 2. The molecule has 0 aromatic heterocycles. The van der Waals surface area contributed by atoms with E-state index in [1.54, 1.807) is 0 Å². The van der Waals surface area contributed by atoms with E-state index in [1.807, 2.05) is 4.90 Å². The van der Waals surface area contributed by atoms with Gasteiger partial charge in [-0.3, -0.25) is 9.59 Å². The molecule has 0 aromatic carbocycles. The molecular weight excluding hydrogens is 379 g/mol. The molecular formula is C18H39KN2O2S2. The summed E-state index contributed by atoms with van der Waals surface area (Å²) >= 11 is 7.19. The number of hydrogen-bond acceptors (Lipinski definition) is 2. The van der Waals surface area contributed by atoms with Gasteiger partial charge >= 0.3 is 51.4 Å². The Bertz CT molecular complexity index is 318. The van der Waals surface area contributed by atoms with E-state index in [2.05, 4.69) is 58.7 Å². The zero-order valence-electron chi connectivity index (χ0n) is 18.0. The van der Waals surface area contributed by atoms with Gasteiger partial charge in [0.05, 0.1) is 0 Å². The minimum atomic E-state index is -0.639. The van der Waals surface area contributed by atoms with Gasteiger partial charge in [0.2, 0.25) is 0 Å². The number of nitrogens with two attached hydrogens (primary N) is 1. The van der Waals surface area contributed by atoms with Gasteiger partial charge in [0.15, 0.2) is 0 Å². The summed E-state index contributed by atoms with van der Waals surface area (Å²) in [4.78, 5) is 22.9. The molecule has 0 aliphatic heterocycles. The summed E-state index contributed by atoms with van der Waals surface area (Å²) in [5, 5.41) is -0.685. The Hall–Kier alpha value is 1.28. The van der Waals surface area contributed by atoms with Crippen LogP contribution in [-0.2, 0) is 0 Å². The van der Waals surface area contributed by atoms with Crippen LogP contribution < -0.4 is 57.1 Å². The van der Waals surface area contributed by atoms with Crippen LogP contribution in [0, 0.1) is 11.8 Å². The molecule has 0 radical (unpaired) electrons. The normalized spacial score (nSPS) is 12.2. The quantitative estimate of drug-likeness (QED) is 0.337. The fourth-order valence-electron chi connectivity index (χ4n) is 2.69. The molecule has 25 heavy (non-hydrogen) atoms. The van der Waals surface area contributed by atoms with Crippen molar-refractivity contribution in [3.8, 4) is 0 Å². The van der Waals surface area contributed by atoms with E-state index in [0.29, 0.717) is 11.8 Å². The van der Waals surface area contributed by atoms with Crippen LogP contribution in [0.3, 0.4) is 0 Å². The summed E-state index contributed by atoms with van der Waals surface area (Å²) in [7, 11) is 0. The Morgan fingerprint density at radius 1 is 0.920 bits per heavy atom. The molecule has 0 rings (SSSR count). The van der Waals surface area contributed by atoms with Crippen molar-refractivity contribution in [2.24, 2.45) is 17.6 Å². The standard InChI is InChI=1S/C17H35NOS.CH3NOS.K.H/c1-5-9-11-15(7-3)13-18(17(19)20)14-16(8-4)12-10-6-2;2-1(3)4;;/h15-16H,5-14H2,1-4H3,(H,19,20);(H3,2,3,4);;/q;;+1;-1. The largest absolute Gasteiger partial charge is 1.00 e. The van der Waals surface area contributed by atoms with Crippen molar-refractivity contribution < 1.29 is 62.4 Å². The first kappa shape index (κ1) is 31.0. The number of nitrogens with zero attached hydrogens (tertiary/aromatic N) is 1. The third kappa shape index (κ3) is 21.4. The number of carbonyl (C=O) groups is 2. The Morgan fingerprint density at radius 3 is 1.44 bits per heavy atom. The van der Waals surface area contributed by atoms with Crippen LogP contribution in [0.2, 0.25) is 0 Å². The van der Waals surface area contributed by atoms with E-state index in [4.69, 9.17) is 4.79 Å². The van der Waals surface area contributed by atoms with Gasteiger partial charge in [-0.1, -0.05) is 91.5 Å². The molecule has 146 valence electrons. The molecule has 2 unspecified atom stereocenters. The maximum absolute atomic E-state index is 11.8. The van der Waals surface area contributed by atoms with Crippen molar-refractivity contribution in [1.29, 1.82) is 0 Å². The molecule has 0 aliphatic rings. The molecule has 7 heteroatoms. The Balaban J connectivity index is -0.000000363. The molecule has 0 saturated carbocycles. The average Bonchev–Trinajstić information content (AvgIpc) is 2.52. The second-order valence-corrected chi connectivity index (χ2v) is 7.18. The van der Waals surface area contributed by atoms with Crippen molar-refractivity contribution in [2.45, 2.75) is 79.1 Å². The predicted molar refractivity (Wildman–Crippen MR) is 112 cm³/mol. The fraction of sp³-hybridized carbons (Fsp3) is 0.889.